The maximum Gasteiger partial charge on any atom is 0.243 e. The number of nitrogens with one attached hydrogen (secondary N) is 2. The van der Waals surface area contributed by atoms with Crippen molar-refractivity contribution in [1.29, 1.82) is 0 Å². The van der Waals surface area contributed by atoms with Crippen LogP contribution >= 0.6 is 24.0 Å². The normalized spacial score (nSPS) is 20.1. The van der Waals surface area contributed by atoms with E-state index in [0.29, 0.717) is 12.4 Å². The Morgan fingerprint density at radius 2 is 2.05 bits per heavy atom. The minimum atomic E-state index is -2.93. The first-order valence-corrected chi connectivity index (χ1v) is 9.11. The first-order valence-electron chi connectivity index (χ1n) is 7.29. The van der Waals surface area contributed by atoms with E-state index in [-0.39, 0.29) is 54.0 Å². The number of carbonyl (C=O) groups is 1. The molecule has 9 heteroatoms. The van der Waals surface area contributed by atoms with E-state index in [4.69, 9.17) is 0 Å². The zero-order chi connectivity index (χ0) is 15.9. The maximum absolute atomic E-state index is 11.6. The van der Waals surface area contributed by atoms with E-state index in [1.165, 1.54) is 4.90 Å². The summed E-state index contributed by atoms with van der Waals surface area (Å²) in [6.07, 6.45) is 2.62. The molecule has 0 aromatic rings. The van der Waals surface area contributed by atoms with E-state index in [1.54, 1.807) is 14.1 Å². The van der Waals surface area contributed by atoms with Gasteiger partial charge in [-0.15, -0.1) is 24.0 Å². The molecule has 0 aromatic carbocycles. The molecule has 1 aliphatic heterocycles. The molecule has 0 aliphatic carbocycles. The Balaban J connectivity index is 0.00000441. The zero-order valence-corrected chi connectivity index (χ0v) is 16.6. The molecule has 1 heterocycles. The number of nitrogens with zero attached hydrogens (tertiary/aromatic N) is 2. The number of amides is 1. The second-order valence-corrected chi connectivity index (χ2v) is 7.71. The number of unbranched alkanes of at least 4 members (excludes halogenated alkanes) is 1. The molecule has 0 radical (unpaired) electrons. The lowest BCUT2D eigenvalue weighted by Crippen LogP contribution is -2.45. The molecule has 0 spiro atoms. The standard InChI is InChI=1S/C13H26N4O3S.HI/c1-4-5-7-14-13(15-9-12(18)17(2)3)16-11-6-8-21(19,20)10-11;/h11H,4-10H2,1-3H3,(H2,14,15,16);1H. The number of rotatable bonds is 6. The highest BCUT2D eigenvalue weighted by molar-refractivity contribution is 14.0. The third-order valence-corrected chi connectivity index (χ3v) is 5.04. The number of aliphatic imine (C=N–C) groups is 1. The minimum absolute atomic E-state index is 0. The van der Waals surface area contributed by atoms with Gasteiger partial charge in [-0.25, -0.2) is 13.4 Å². The summed E-state index contributed by atoms with van der Waals surface area (Å²) in [5.41, 5.74) is 0. The van der Waals surface area contributed by atoms with Crippen molar-refractivity contribution in [3.05, 3.63) is 0 Å². The minimum Gasteiger partial charge on any atom is -0.356 e. The summed E-state index contributed by atoms with van der Waals surface area (Å²) >= 11 is 0. The van der Waals surface area contributed by atoms with Crippen molar-refractivity contribution in [3.8, 4) is 0 Å². The number of hydrogen-bond acceptors (Lipinski definition) is 4. The number of sulfone groups is 1. The molecule has 0 saturated carbocycles. The monoisotopic (exact) mass is 446 g/mol. The molecule has 130 valence electrons. The van der Waals surface area contributed by atoms with E-state index in [1.807, 2.05) is 0 Å². The van der Waals surface area contributed by atoms with Crippen molar-refractivity contribution in [1.82, 2.24) is 15.5 Å². The van der Waals surface area contributed by atoms with Crippen molar-refractivity contribution >= 4 is 45.7 Å². The lowest BCUT2D eigenvalue weighted by molar-refractivity contribution is -0.127. The lowest BCUT2D eigenvalue weighted by Gasteiger charge is -2.17. The van der Waals surface area contributed by atoms with Gasteiger partial charge in [0.1, 0.15) is 6.54 Å². The van der Waals surface area contributed by atoms with Crippen molar-refractivity contribution < 1.29 is 13.2 Å². The van der Waals surface area contributed by atoms with Gasteiger partial charge in [-0.1, -0.05) is 13.3 Å². The van der Waals surface area contributed by atoms with Crippen LogP contribution in [-0.4, -0.2) is 69.9 Å². The molecule has 1 aliphatic rings. The zero-order valence-electron chi connectivity index (χ0n) is 13.5. The van der Waals surface area contributed by atoms with E-state index in [9.17, 15) is 13.2 Å². The van der Waals surface area contributed by atoms with Crippen LogP contribution in [0.4, 0.5) is 0 Å². The Kier molecular flexibility index (Phi) is 9.97. The van der Waals surface area contributed by atoms with Gasteiger partial charge in [-0.2, -0.15) is 0 Å². The van der Waals surface area contributed by atoms with E-state index < -0.39 is 9.84 Å². The molecule has 0 aromatic heterocycles. The number of hydrogen-bond donors (Lipinski definition) is 2. The molecule has 1 fully saturated rings. The summed E-state index contributed by atoms with van der Waals surface area (Å²) in [5, 5.41) is 6.26. The summed E-state index contributed by atoms with van der Waals surface area (Å²) in [4.78, 5) is 17.3. The van der Waals surface area contributed by atoms with Gasteiger partial charge in [0.2, 0.25) is 5.91 Å². The lowest BCUT2D eigenvalue weighted by atomic mass is 10.3. The van der Waals surface area contributed by atoms with Crippen molar-refractivity contribution in [2.75, 3.05) is 38.7 Å². The van der Waals surface area contributed by atoms with Crippen LogP contribution < -0.4 is 10.6 Å². The van der Waals surface area contributed by atoms with E-state index in [0.717, 1.165) is 19.4 Å². The van der Waals surface area contributed by atoms with Crippen LogP contribution in [-0.2, 0) is 14.6 Å². The number of guanidine groups is 1. The second kappa shape index (κ2) is 10.2. The van der Waals surface area contributed by atoms with Gasteiger partial charge in [0.05, 0.1) is 11.5 Å². The quantitative estimate of drug-likeness (QED) is 0.264. The van der Waals surface area contributed by atoms with Gasteiger partial charge in [-0.05, 0) is 12.8 Å². The highest BCUT2D eigenvalue weighted by Crippen LogP contribution is 2.10. The molecular formula is C13H27IN4O3S. The largest absolute Gasteiger partial charge is 0.356 e. The third kappa shape index (κ3) is 8.16. The summed E-state index contributed by atoms with van der Waals surface area (Å²) in [5.74, 6) is 0.762. The van der Waals surface area contributed by atoms with Crippen LogP contribution in [0.25, 0.3) is 0 Å². The highest BCUT2D eigenvalue weighted by Gasteiger charge is 2.28. The molecule has 1 amide bonds. The van der Waals surface area contributed by atoms with Crippen LogP contribution in [0.2, 0.25) is 0 Å². The molecule has 2 N–H and O–H groups in total. The van der Waals surface area contributed by atoms with Gasteiger partial charge < -0.3 is 15.5 Å². The molecule has 7 nitrogen and oxygen atoms in total. The Hall–Kier alpha value is -0.580. The fourth-order valence-corrected chi connectivity index (χ4v) is 3.60. The summed E-state index contributed by atoms with van der Waals surface area (Å²) in [7, 11) is 0.428. The number of halogens is 1. The molecule has 1 unspecified atom stereocenters. The Bertz CT molecular complexity index is 480. The summed E-state index contributed by atoms with van der Waals surface area (Å²) < 4.78 is 23.0. The third-order valence-electron chi connectivity index (χ3n) is 3.27. The number of likely N-dealkylation sites (N-methyl/N-ethyl adjacent to an activating group) is 1. The van der Waals surface area contributed by atoms with Gasteiger partial charge in [0, 0.05) is 26.7 Å². The number of carbonyl (C=O) groups excluding carboxylic acids is 1. The molecule has 1 rings (SSSR count). The van der Waals surface area contributed by atoms with Gasteiger partial charge in [-0.3, -0.25) is 4.79 Å². The fourth-order valence-electron chi connectivity index (χ4n) is 1.93. The van der Waals surface area contributed by atoms with Crippen LogP contribution in [0.1, 0.15) is 26.2 Å². The molecular weight excluding hydrogens is 419 g/mol. The molecule has 1 atom stereocenters. The second-order valence-electron chi connectivity index (χ2n) is 5.48. The van der Waals surface area contributed by atoms with Gasteiger partial charge in [0.25, 0.3) is 0 Å². The predicted octanol–water partition coefficient (Wildman–Crippen LogP) is 0.215. The molecule has 22 heavy (non-hydrogen) atoms. The predicted molar refractivity (Wildman–Crippen MR) is 99.5 cm³/mol. The Morgan fingerprint density at radius 1 is 1.36 bits per heavy atom. The van der Waals surface area contributed by atoms with E-state index in [2.05, 4.69) is 22.5 Å². The average Bonchev–Trinajstić information content (AvgIpc) is 2.74. The van der Waals surface area contributed by atoms with E-state index >= 15 is 0 Å². The first-order chi connectivity index (χ1) is 9.84. The highest BCUT2D eigenvalue weighted by atomic mass is 127. The van der Waals surface area contributed by atoms with Crippen LogP contribution in [0.5, 0.6) is 0 Å². The first kappa shape index (κ1) is 21.4. The van der Waals surface area contributed by atoms with Crippen molar-refractivity contribution in [2.24, 2.45) is 4.99 Å². The van der Waals surface area contributed by atoms with Crippen LogP contribution in [0.3, 0.4) is 0 Å². The van der Waals surface area contributed by atoms with Crippen LogP contribution in [0.15, 0.2) is 4.99 Å². The SMILES string of the molecule is CCCCNC(=NCC(=O)N(C)C)NC1CCS(=O)(=O)C1.I. The Morgan fingerprint density at radius 3 is 2.55 bits per heavy atom. The Labute approximate surface area is 150 Å². The molecule has 1 saturated heterocycles. The topological polar surface area (TPSA) is 90.9 Å². The molecule has 0 bridgehead atoms. The van der Waals surface area contributed by atoms with Gasteiger partial charge >= 0.3 is 0 Å². The van der Waals surface area contributed by atoms with Crippen LogP contribution in [0, 0.1) is 0 Å². The average molecular weight is 446 g/mol. The summed E-state index contributed by atoms with van der Waals surface area (Å²) in [6, 6.07) is -0.127. The van der Waals surface area contributed by atoms with Crippen molar-refractivity contribution in [3.63, 3.8) is 0 Å². The smallest absolute Gasteiger partial charge is 0.243 e. The summed E-state index contributed by atoms with van der Waals surface area (Å²) in [6.45, 7) is 2.89. The van der Waals surface area contributed by atoms with Crippen molar-refractivity contribution in [2.45, 2.75) is 32.2 Å². The fraction of sp³-hybridized carbons (Fsp3) is 0.846. The van der Waals surface area contributed by atoms with Gasteiger partial charge in [0.15, 0.2) is 15.8 Å². The maximum atomic E-state index is 11.6.